The Morgan fingerprint density at radius 1 is 0.427 bits per heavy atom. The summed E-state index contributed by atoms with van der Waals surface area (Å²) < 4.78 is 130. The number of pyridine rings is 2. The number of aryl methyl sites for hydroxylation is 1. The molecular formula is C104H66N8O2Pt2S-4. The molecule has 0 fully saturated rings. The molecule has 7 heterocycles. The van der Waals surface area contributed by atoms with Gasteiger partial charge in [-0.2, -0.15) is 24.3 Å². The van der Waals surface area contributed by atoms with Crippen molar-refractivity contribution >= 4 is 98.0 Å². The molecule has 0 N–H and O–H groups in total. The predicted octanol–water partition coefficient (Wildman–Crippen LogP) is 24.7. The van der Waals surface area contributed by atoms with E-state index >= 15 is 0 Å². The van der Waals surface area contributed by atoms with Crippen LogP contribution in [0, 0.1) is 43.8 Å². The van der Waals surface area contributed by atoms with Crippen LogP contribution >= 0.6 is 11.3 Å². The van der Waals surface area contributed by atoms with Crippen molar-refractivity contribution in [3.8, 4) is 107 Å². The van der Waals surface area contributed by atoms with Crippen LogP contribution in [0.3, 0.4) is 0 Å². The number of rotatable bonds is 14. The molecule has 564 valence electrons. The topological polar surface area (TPSA) is 71.7 Å². The Morgan fingerprint density at radius 3 is 1.61 bits per heavy atom. The molecule has 0 radical (unpaired) electrons. The van der Waals surface area contributed by atoms with Crippen molar-refractivity contribution in [3.63, 3.8) is 0 Å². The summed E-state index contributed by atoms with van der Waals surface area (Å²) in [6, 6.07) is 107. The molecule has 0 saturated carbocycles. The SMILES string of the molecule is [2H]C([2H])([2H])[n+]1[c-]n(-c2[c-]c(Oc3[c-]c(-c4ccc5ccccc5n4)ccc3)ccc2)c2cccc(-c3c(-n4c5ccccc5c5ccccc54)cccc3-n3c4ccccc4c4ccccc43)c21.[2H]c1c([2H])c([2H])c(-c2cccc(-c3c([2H])c([2H])c([2H])c(C)c3[2H])c2-[n+]2[c-]n(-c3[c-]c(Oc4[c-]c(-c5nccc6sccc56)ccc4)ccc3)c3ccccc32)c([2H])c1[2H].[Pt].[Pt]. The first-order valence-electron chi connectivity index (χ1n) is 43.3. The van der Waals surface area contributed by atoms with Crippen LogP contribution in [0.4, 0.5) is 0 Å². The Morgan fingerprint density at radius 2 is 0.949 bits per heavy atom. The van der Waals surface area contributed by atoms with Crippen LogP contribution < -0.4 is 18.6 Å². The Kier molecular flexibility index (Phi) is 16.3. The minimum atomic E-state index is -2.62. The minimum absolute atomic E-state index is 0. The van der Waals surface area contributed by atoms with Gasteiger partial charge in [0.1, 0.15) is 0 Å². The molecule has 0 saturated heterocycles. The van der Waals surface area contributed by atoms with E-state index in [0.717, 1.165) is 110 Å². The fourth-order valence-corrected chi connectivity index (χ4v) is 16.5. The number of hydrogen-bond donors (Lipinski definition) is 0. The zero-order valence-corrected chi connectivity index (χ0v) is 67.2. The van der Waals surface area contributed by atoms with E-state index in [2.05, 4.69) is 172 Å². The van der Waals surface area contributed by atoms with E-state index in [-0.39, 0.29) is 99.8 Å². The van der Waals surface area contributed by atoms with Gasteiger partial charge in [-0.15, -0.1) is 83.1 Å². The largest absolute Gasteiger partial charge is 0.504 e. The summed E-state index contributed by atoms with van der Waals surface area (Å²) in [6.45, 7) is -1.07. The maximum atomic E-state index is 9.10. The fraction of sp³-hybridized carbons (Fsp3) is 0.0192. The average Bonchev–Trinajstić information content (AvgIpc) is 1.56. The molecule has 10 nitrogen and oxygen atoms in total. The van der Waals surface area contributed by atoms with Gasteiger partial charge < -0.3 is 37.3 Å². The molecule has 7 aromatic heterocycles. The van der Waals surface area contributed by atoms with E-state index in [4.69, 9.17) is 30.9 Å². The normalized spacial score (nSPS) is 12.9. The predicted molar refractivity (Wildman–Crippen MR) is 464 cm³/mol. The molecule has 13 heteroatoms. The molecule has 0 aliphatic rings. The molecule has 22 rings (SSSR count). The van der Waals surface area contributed by atoms with E-state index in [1.165, 1.54) is 4.57 Å². The quantitative estimate of drug-likeness (QED) is 0.0803. The van der Waals surface area contributed by atoms with E-state index in [1.54, 1.807) is 68.5 Å². The first-order chi connectivity index (χ1) is 61.8. The second kappa shape index (κ2) is 31.3. The van der Waals surface area contributed by atoms with Gasteiger partial charge in [-0.05, 0) is 116 Å². The number of para-hydroxylation sites is 9. The molecule has 0 bridgehead atoms. The maximum Gasteiger partial charge on any atom is 0.268 e. The molecule has 0 aliphatic heterocycles. The van der Waals surface area contributed by atoms with Crippen molar-refractivity contribution in [1.82, 2.24) is 28.2 Å². The number of thiophene rings is 1. The second-order valence-electron chi connectivity index (χ2n) is 27.6. The summed E-state index contributed by atoms with van der Waals surface area (Å²) in [6.07, 6.45) is 8.46. The summed E-state index contributed by atoms with van der Waals surface area (Å²) in [5.41, 5.74) is 16.0. The van der Waals surface area contributed by atoms with E-state index in [0.29, 0.717) is 56.4 Å². The second-order valence-corrected chi connectivity index (χ2v) is 28.5. The van der Waals surface area contributed by atoms with Crippen LogP contribution in [-0.4, -0.2) is 28.2 Å². The summed E-state index contributed by atoms with van der Waals surface area (Å²) in [4.78, 5) is 9.49. The van der Waals surface area contributed by atoms with Crippen LogP contribution in [0.15, 0.2) is 363 Å². The molecule has 0 amide bonds. The zero-order valence-electron chi connectivity index (χ0n) is 73.9. The van der Waals surface area contributed by atoms with E-state index < -0.39 is 37.2 Å². The number of imidazole rings is 2. The molecule has 0 unspecified atom stereocenters. The summed E-state index contributed by atoms with van der Waals surface area (Å²) in [5, 5.41) is 8.62. The number of nitrogens with zero attached hydrogens (tertiary/aromatic N) is 8. The summed E-state index contributed by atoms with van der Waals surface area (Å²) in [7, 11) is 0. The Labute approximate surface area is 725 Å². The van der Waals surface area contributed by atoms with E-state index in [9.17, 15) is 0 Å². The summed E-state index contributed by atoms with van der Waals surface area (Å²) >= 11 is 1.64. The molecular weight excluding hydrogens is 1820 g/mol. The van der Waals surface area contributed by atoms with Crippen LogP contribution in [-0.2, 0) is 49.1 Å². The Balaban J connectivity index is 0.000000167. The minimum Gasteiger partial charge on any atom is -0.504 e. The van der Waals surface area contributed by atoms with Crippen molar-refractivity contribution in [1.29, 1.82) is 0 Å². The van der Waals surface area contributed by atoms with Crippen molar-refractivity contribution in [2.75, 3.05) is 0 Å². The molecule has 22 aromatic rings. The van der Waals surface area contributed by atoms with Gasteiger partial charge in [0.15, 0.2) is 0 Å². The Hall–Kier alpha value is -13.7. The van der Waals surface area contributed by atoms with Crippen molar-refractivity contribution < 1.29 is 77.2 Å². The third kappa shape index (κ3) is 13.4. The first kappa shape index (κ1) is 60.9. The third-order valence-electron chi connectivity index (χ3n) is 20.7. The number of ether oxygens (including phenoxy) is 2. The summed E-state index contributed by atoms with van der Waals surface area (Å²) in [5.74, 6) is 1.77. The molecule has 0 atom stereocenters. The van der Waals surface area contributed by atoms with Gasteiger partial charge in [-0.25, -0.2) is 0 Å². The van der Waals surface area contributed by atoms with Crippen LogP contribution in [0.5, 0.6) is 23.0 Å². The molecule has 0 spiro atoms. The van der Waals surface area contributed by atoms with E-state index in [1.807, 2.05) is 151 Å². The third-order valence-corrected chi connectivity index (χ3v) is 21.6. The van der Waals surface area contributed by atoms with Crippen molar-refractivity contribution in [2.24, 2.45) is 6.98 Å². The van der Waals surface area contributed by atoms with Gasteiger partial charge in [0.2, 0.25) is 6.33 Å². The maximum absolute atomic E-state index is 9.10. The smallest absolute Gasteiger partial charge is 0.268 e. The number of aromatic nitrogens is 8. The Bertz CT molecular complexity index is 7910. The van der Waals surface area contributed by atoms with Crippen molar-refractivity contribution in [3.05, 3.63) is 406 Å². The van der Waals surface area contributed by atoms with Crippen LogP contribution in [0.25, 0.3) is 171 Å². The molecule has 117 heavy (non-hydrogen) atoms. The van der Waals surface area contributed by atoms with Gasteiger partial charge >= 0.3 is 0 Å². The van der Waals surface area contributed by atoms with Crippen LogP contribution in [0.2, 0.25) is 0 Å². The fourth-order valence-electron chi connectivity index (χ4n) is 15.7. The van der Waals surface area contributed by atoms with Gasteiger partial charge in [0.05, 0.1) is 90.1 Å². The number of benzene rings is 15. The molecule has 15 aromatic carbocycles. The van der Waals surface area contributed by atoms with Gasteiger partial charge in [-0.1, -0.05) is 254 Å². The zero-order chi connectivity index (χ0) is 86.8. The number of fused-ring (bicyclic) bond motifs is 10. The van der Waals surface area contributed by atoms with Gasteiger partial charge in [0, 0.05) is 103 Å². The van der Waals surface area contributed by atoms with Gasteiger partial charge in [-0.3, -0.25) is 9.55 Å². The standard InChI is InChI=1S/C59H37N5O.C45H29N3OS.2Pt/c1-61-38-62(41-18-13-20-43(37-41)65-42-19-12-17-40(36-42)50-35-34-39-16-2-7-26-49(39)60-50)57-33-14-25-48(59(57)61)58-55(63-51-27-8-3-21-44(51)45-22-4-9-28-52(45)63)31-15-32-56(58)64-53-29-10-5-23-46(53)47-24-6-11-30-54(47)64;1-31-11-7-14-33(27-31)39-20-10-19-38(32-12-3-2-4-13-32)45(39)48-30-47(41-21-5-6-22-42(41)48)35-16-9-18-37(29-35)49-36-17-8-15-34(28-36)44-40-24-26-50-43(40)23-25-46-44;;/h2-35H,1H3;2-27H,1H3;;/q2*-2;;/i1D3;2D,3D,4D,7D,11D,12D,13D,14D,27D;;. The van der Waals surface area contributed by atoms with Gasteiger partial charge in [0.25, 0.3) is 6.33 Å². The van der Waals surface area contributed by atoms with Crippen LogP contribution in [0.1, 0.15) is 22.0 Å². The monoisotopic (exact) mass is 1890 g/mol. The first-order valence-corrected chi connectivity index (χ1v) is 38.2. The molecule has 0 aliphatic carbocycles. The average molecular weight is 1890 g/mol. The van der Waals surface area contributed by atoms with Crippen molar-refractivity contribution in [2.45, 2.75) is 6.92 Å². The number of hydrogen-bond acceptors (Lipinski definition) is 5.